The van der Waals surface area contributed by atoms with Gasteiger partial charge in [0.25, 0.3) is 0 Å². The standard InChI is InChI=1S/C62H80N14O14.ClH/c1-37(2)27-46(55(82)71-45(19-11-25-66-61(64)65)60(87)76-26-12-20-51(76)59(86)68-31-52(63)79)70-53(80)32-69-54(81)47(28-38-21-23-42(78)24-22-38)72-57(84)49(33-77)74-56(83)48(29-41-30-67-44-18-10-9-17-43(41)44)73-58(85)50(36-89-34-39-13-5-3-6-14-39)75-62(88)90-35-40-15-7-4-8-16-40;/h3-10,13-18,21-24,30,37,45-51,67,77-78H,11-12,19-20,25-29,31-36H2,1-2H3,(H2,63,79)(H,68,86)(H,69,81)(H,70,80)(H,71,82)(H,72,84)(H,73,85)(H,74,83)(H,75,88)(H4,64,65,66);1H/t45-,46-,47-,48-,49-,50-,51-;/m0./s1. The van der Waals surface area contributed by atoms with Crippen LogP contribution >= 0.6 is 12.4 Å². The van der Waals surface area contributed by atoms with E-state index in [4.69, 9.17) is 26.7 Å². The molecule has 1 aliphatic rings. The van der Waals surface area contributed by atoms with Crippen molar-refractivity contribution in [1.29, 1.82) is 0 Å². The Morgan fingerprint density at radius 1 is 0.648 bits per heavy atom. The Morgan fingerprint density at radius 3 is 1.89 bits per heavy atom. The van der Waals surface area contributed by atoms with Crippen LogP contribution in [0.3, 0.4) is 0 Å². The van der Waals surface area contributed by atoms with Crippen molar-refractivity contribution in [3.8, 4) is 5.75 Å². The third kappa shape index (κ3) is 23.6. The van der Waals surface area contributed by atoms with Crippen molar-refractivity contribution in [1.82, 2.24) is 52.4 Å². The maximum absolute atomic E-state index is 14.5. The van der Waals surface area contributed by atoms with E-state index in [1.807, 2.05) is 18.2 Å². The highest BCUT2D eigenvalue weighted by atomic mass is 35.5. The van der Waals surface area contributed by atoms with Gasteiger partial charge in [-0.1, -0.05) is 105 Å². The Balaban J connectivity index is 0.0000150. The SMILES string of the molecule is CC(C)C[C@H](NC(=O)CNC(=O)[C@H](Cc1ccc(O)cc1)NC(=O)[C@H](CO)NC(=O)[C@H](Cc1c[nH]c2ccccc12)NC(=O)[C@H](COCc1ccccc1)NC(=O)OCc1ccccc1)C(=O)N[C@@H](CCCN=C(N)N)C(=O)N1CCC[C@H]1C(=O)NCC(N)=O.Cl. The lowest BCUT2D eigenvalue weighted by Gasteiger charge is -2.30. The van der Waals surface area contributed by atoms with Crippen LogP contribution in [0.15, 0.2) is 120 Å². The number of aliphatic hydroxyl groups is 1. The summed E-state index contributed by atoms with van der Waals surface area (Å²) in [6, 6.07) is 21.1. The Labute approximate surface area is 531 Å². The first-order valence-electron chi connectivity index (χ1n) is 29.4. The lowest BCUT2D eigenvalue weighted by Crippen LogP contribution is -2.60. The van der Waals surface area contributed by atoms with Gasteiger partial charge in [-0.3, -0.25) is 48.1 Å². The van der Waals surface area contributed by atoms with E-state index in [9.17, 15) is 58.2 Å². The molecule has 91 heavy (non-hydrogen) atoms. The normalized spacial score (nSPS) is 14.5. The van der Waals surface area contributed by atoms with Gasteiger partial charge in [0, 0.05) is 43.0 Å². The lowest BCUT2D eigenvalue weighted by molar-refractivity contribution is -0.142. The van der Waals surface area contributed by atoms with E-state index < -0.39 is 121 Å². The molecule has 0 radical (unpaired) electrons. The fourth-order valence-electron chi connectivity index (χ4n) is 9.84. The molecule has 1 aromatic heterocycles. The largest absolute Gasteiger partial charge is 0.508 e. The highest BCUT2D eigenvalue weighted by Gasteiger charge is 2.39. The van der Waals surface area contributed by atoms with Gasteiger partial charge < -0.3 is 89.3 Å². The number of aromatic amines is 1. The minimum absolute atomic E-state index is 0. The number of carbonyl (C=O) groups excluding carboxylic acids is 10. The van der Waals surface area contributed by atoms with Gasteiger partial charge in [-0.25, -0.2) is 4.79 Å². The van der Waals surface area contributed by atoms with Crippen LogP contribution in [0.25, 0.3) is 10.9 Å². The number of aliphatic hydroxyl groups excluding tert-OH is 1. The van der Waals surface area contributed by atoms with E-state index in [-0.39, 0.29) is 101 Å². The van der Waals surface area contributed by atoms with Crippen molar-refractivity contribution in [2.45, 2.75) is 114 Å². The first kappa shape index (κ1) is 71.9. The smallest absolute Gasteiger partial charge is 0.408 e. The maximum atomic E-state index is 14.5. The van der Waals surface area contributed by atoms with Gasteiger partial charge >= 0.3 is 6.09 Å². The second-order valence-corrected chi connectivity index (χ2v) is 21.9. The Bertz CT molecular complexity index is 3280. The van der Waals surface area contributed by atoms with Gasteiger partial charge in [-0.2, -0.15) is 0 Å². The molecule has 29 heteroatoms. The monoisotopic (exact) mass is 1280 g/mol. The average molecular weight is 1280 g/mol. The van der Waals surface area contributed by atoms with Crippen molar-refractivity contribution in [3.63, 3.8) is 0 Å². The number of rotatable bonds is 34. The fourth-order valence-corrected chi connectivity index (χ4v) is 9.84. The number of benzene rings is 4. The molecule has 0 bridgehead atoms. The lowest BCUT2D eigenvalue weighted by atomic mass is 10.0. The van der Waals surface area contributed by atoms with Gasteiger partial charge in [-0.15, -0.1) is 12.4 Å². The predicted molar refractivity (Wildman–Crippen MR) is 337 cm³/mol. The molecule has 7 atom stereocenters. The third-order valence-corrected chi connectivity index (χ3v) is 14.4. The number of carbonyl (C=O) groups is 10. The van der Waals surface area contributed by atoms with Crippen molar-refractivity contribution in [3.05, 3.63) is 138 Å². The molecule has 1 aliphatic heterocycles. The van der Waals surface area contributed by atoms with Crippen LogP contribution in [0.2, 0.25) is 0 Å². The summed E-state index contributed by atoms with van der Waals surface area (Å²) >= 11 is 0. The number of aromatic nitrogens is 1. The van der Waals surface area contributed by atoms with Crippen molar-refractivity contribution < 1.29 is 67.6 Å². The molecule has 28 nitrogen and oxygen atoms in total. The zero-order chi connectivity index (χ0) is 65.1. The number of aromatic hydroxyl groups is 1. The molecule has 0 unspecified atom stereocenters. The molecule has 17 N–H and O–H groups in total. The Morgan fingerprint density at radius 2 is 1.24 bits per heavy atom. The number of halogens is 1. The van der Waals surface area contributed by atoms with Crippen LogP contribution < -0.4 is 59.7 Å². The zero-order valence-electron chi connectivity index (χ0n) is 50.5. The second-order valence-electron chi connectivity index (χ2n) is 21.9. The van der Waals surface area contributed by atoms with E-state index in [1.165, 1.54) is 29.2 Å². The van der Waals surface area contributed by atoms with E-state index in [0.29, 0.717) is 34.0 Å². The number of likely N-dealkylation sites (tertiary alicyclic amines) is 1. The topological polar surface area (TPSA) is 435 Å². The third-order valence-electron chi connectivity index (χ3n) is 14.4. The molecule has 4 aromatic carbocycles. The summed E-state index contributed by atoms with van der Waals surface area (Å²) in [5, 5.41) is 41.9. The molecule has 10 amide bonds. The zero-order valence-corrected chi connectivity index (χ0v) is 51.3. The number of nitrogens with zero attached hydrogens (tertiary/aromatic N) is 2. The summed E-state index contributed by atoms with van der Waals surface area (Å²) in [4.78, 5) is 145. The number of hydrogen-bond donors (Lipinski definition) is 14. The number of ether oxygens (including phenoxy) is 2. The van der Waals surface area contributed by atoms with Crippen LogP contribution in [0.4, 0.5) is 4.79 Å². The van der Waals surface area contributed by atoms with Crippen LogP contribution in [-0.2, 0) is 78.7 Å². The van der Waals surface area contributed by atoms with Gasteiger partial charge in [0.05, 0.1) is 32.9 Å². The minimum Gasteiger partial charge on any atom is -0.508 e. The predicted octanol–water partition coefficient (Wildman–Crippen LogP) is -0.183. The summed E-state index contributed by atoms with van der Waals surface area (Å²) in [5.74, 6) is -7.93. The van der Waals surface area contributed by atoms with Crippen molar-refractivity contribution in [2.24, 2.45) is 28.1 Å². The van der Waals surface area contributed by atoms with Gasteiger partial charge in [-0.05, 0) is 78.5 Å². The first-order valence-corrected chi connectivity index (χ1v) is 29.4. The molecular weight excluding hydrogens is 1200 g/mol. The molecule has 5 aromatic rings. The van der Waals surface area contributed by atoms with E-state index in [2.05, 4.69) is 52.5 Å². The summed E-state index contributed by atoms with van der Waals surface area (Å²) in [7, 11) is 0. The number of phenols is 1. The molecule has 2 heterocycles. The molecule has 0 spiro atoms. The molecule has 1 fully saturated rings. The number of nitrogens with one attached hydrogen (secondary N) is 9. The number of H-pyrrole nitrogens is 1. The van der Waals surface area contributed by atoms with Crippen molar-refractivity contribution >= 4 is 88.5 Å². The Hall–Kier alpha value is -9.80. The number of aliphatic imine (C=N–C) groups is 1. The maximum Gasteiger partial charge on any atom is 0.408 e. The quantitative estimate of drug-likeness (QED) is 0.0144. The van der Waals surface area contributed by atoms with Gasteiger partial charge in [0.2, 0.25) is 53.2 Å². The van der Waals surface area contributed by atoms with E-state index in [1.54, 1.807) is 86.8 Å². The fraction of sp³-hybridized carbons (Fsp3) is 0.403. The number of alkyl carbamates (subject to hydrolysis) is 1. The van der Waals surface area contributed by atoms with Gasteiger partial charge in [0.15, 0.2) is 5.96 Å². The van der Waals surface area contributed by atoms with Crippen LogP contribution in [0.1, 0.15) is 68.2 Å². The van der Waals surface area contributed by atoms with Crippen LogP contribution in [0, 0.1) is 5.92 Å². The van der Waals surface area contributed by atoms with E-state index >= 15 is 0 Å². The second kappa shape index (κ2) is 36.6. The first-order chi connectivity index (χ1) is 43.2. The minimum atomic E-state index is -1.76. The molecular formula is C62H81ClN14O14. The highest BCUT2D eigenvalue weighted by Crippen LogP contribution is 2.22. The summed E-state index contributed by atoms with van der Waals surface area (Å²) < 4.78 is 11.3. The summed E-state index contributed by atoms with van der Waals surface area (Å²) in [5.41, 5.74) is 19.4. The Kier molecular flexibility index (Phi) is 29.0. The van der Waals surface area contributed by atoms with E-state index in [0.717, 1.165) is 5.56 Å². The molecule has 0 saturated carbocycles. The number of guanidine groups is 1. The number of fused-ring (bicyclic) bond motifs is 1. The number of para-hydroxylation sites is 1. The van der Waals surface area contributed by atoms with Crippen LogP contribution in [-0.4, -0.2) is 167 Å². The number of primary amides is 1. The number of amides is 10. The number of hydrogen-bond acceptors (Lipinski definition) is 15. The molecule has 1 saturated heterocycles. The average Bonchev–Trinajstić information content (AvgIpc) is 1.86. The highest BCUT2D eigenvalue weighted by molar-refractivity contribution is 5.98. The molecule has 6 rings (SSSR count). The number of phenolic OH excluding ortho intramolecular Hbond substituents is 1. The summed E-state index contributed by atoms with van der Waals surface area (Å²) in [6.07, 6.45) is 1.28. The van der Waals surface area contributed by atoms with Crippen LogP contribution in [0.5, 0.6) is 5.75 Å². The van der Waals surface area contributed by atoms with Crippen molar-refractivity contribution in [2.75, 3.05) is 39.4 Å². The van der Waals surface area contributed by atoms with Gasteiger partial charge in [0.1, 0.15) is 54.6 Å². The molecule has 490 valence electrons. The number of nitrogens with two attached hydrogens (primary N) is 3. The molecule has 0 aliphatic carbocycles. The summed E-state index contributed by atoms with van der Waals surface area (Å²) in [6.45, 7) is 1.19.